The van der Waals surface area contributed by atoms with Crippen molar-refractivity contribution in [1.29, 1.82) is 0 Å². The topological polar surface area (TPSA) is 151 Å². The van der Waals surface area contributed by atoms with Crippen LogP contribution in [0.3, 0.4) is 0 Å². The van der Waals surface area contributed by atoms with E-state index in [4.69, 9.17) is 10.8 Å². The van der Waals surface area contributed by atoms with Crippen LogP contribution in [-0.2, 0) is 19.2 Å². The molecule has 6 atom stereocenters. The summed E-state index contributed by atoms with van der Waals surface area (Å²) < 4.78 is 0. The maximum Gasteiger partial charge on any atom is 0.325 e. The highest BCUT2D eigenvalue weighted by atomic mass is 16.4. The van der Waals surface area contributed by atoms with Crippen LogP contribution < -0.4 is 21.7 Å². The van der Waals surface area contributed by atoms with Crippen LogP contribution in [0.25, 0.3) is 0 Å². The van der Waals surface area contributed by atoms with E-state index in [1.54, 1.807) is 6.92 Å². The Hall–Kier alpha value is -2.16. The Morgan fingerprint density at radius 1 is 0.778 bits per heavy atom. The number of carboxylic acids is 1. The van der Waals surface area contributed by atoms with Gasteiger partial charge in [0.2, 0.25) is 17.7 Å². The Morgan fingerprint density at radius 2 is 1.26 bits per heavy atom. The molecule has 0 saturated carbocycles. The third-order valence-electron chi connectivity index (χ3n) is 4.83. The first-order valence-corrected chi connectivity index (χ1v) is 9.35. The number of carbonyl (C=O) groups excluding carboxylic acids is 3. The van der Waals surface area contributed by atoms with E-state index in [2.05, 4.69) is 16.0 Å². The summed E-state index contributed by atoms with van der Waals surface area (Å²) in [6.07, 6.45) is 1.33. The van der Waals surface area contributed by atoms with Crippen molar-refractivity contribution in [3.8, 4) is 0 Å². The van der Waals surface area contributed by atoms with Crippen molar-refractivity contribution in [2.75, 3.05) is 0 Å². The molecule has 0 aromatic carbocycles. The highest BCUT2D eigenvalue weighted by Gasteiger charge is 2.30. The van der Waals surface area contributed by atoms with Crippen molar-refractivity contribution in [2.24, 2.45) is 17.6 Å². The Bertz CT molecular complexity index is 540. The fraction of sp³-hybridized carbons (Fsp3) is 0.778. The molecule has 0 aliphatic carbocycles. The second-order valence-electron chi connectivity index (χ2n) is 7.08. The molecular formula is C18H34N4O5. The summed E-state index contributed by atoms with van der Waals surface area (Å²) in [7, 11) is 0. The molecule has 0 aromatic rings. The molecule has 0 radical (unpaired) electrons. The van der Waals surface area contributed by atoms with Crippen molar-refractivity contribution in [3.05, 3.63) is 0 Å². The van der Waals surface area contributed by atoms with Gasteiger partial charge in [0.1, 0.15) is 18.1 Å². The number of hydrogen-bond donors (Lipinski definition) is 5. The zero-order chi connectivity index (χ0) is 21.3. The number of aliphatic carboxylic acids is 1. The largest absolute Gasteiger partial charge is 0.480 e. The van der Waals surface area contributed by atoms with Gasteiger partial charge in [-0.1, -0.05) is 40.5 Å². The van der Waals surface area contributed by atoms with Crippen LogP contribution in [0.2, 0.25) is 0 Å². The van der Waals surface area contributed by atoms with Crippen molar-refractivity contribution in [2.45, 2.75) is 78.6 Å². The minimum absolute atomic E-state index is 0.0311. The average molecular weight is 386 g/mol. The number of rotatable bonds is 11. The van der Waals surface area contributed by atoms with Crippen LogP contribution >= 0.6 is 0 Å². The van der Waals surface area contributed by atoms with Gasteiger partial charge in [-0.15, -0.1) is 0 Å². The van der Waals surface area contributed by atoms with Gasteiger partial charge >= 0.3 is 5.97 Å². The first-order chi connectivity index (χ1) is 12.5. The van der Waals surface area contributed by atoms with E-state index in [0.717, 1.165) is 6.42 Å². The Morgan fingerprint density at radius 3 is 1.70 bits per heavy atom. The van der Waals surface area contributed by atoms with Crippen LogP contribution in [-0.4, -0.2) is 53.0 Å². The van der Waals surface area contributed by atoms with Gasteiger partial charge in [0.25, 0.3) is 0 Å². The van der Waals surface area contributed by atoms with Gasteiger partial charge in [-0.2, -0.15) is 0 Å². The molecular weight excluding hydrogens is 352 g/mol. The van der Waals surface area contributed by atoms with Gasteiger partial charge in [0, 0.05) is 0 Å². The standard InChI is InChI=1S/C18H34N4O5/c1-7-9(3)13(19)16(24)20-11(5)15(23)22-14(10(4)8-2)17(25)21-12(6)18(26)27/h9-14H,7-8,19H2,1-6H3,(H,20,24)(H,21,25)(H,22,23)(H,26,27). The summed E-state index contributed by atoms with van der Waals surface area (Å²) in [4.78, 5) is 47.9. The predicted octanol–water partition coefficient (Wildman–Crippen LogP) is -0.0153. The molecule has 0 rings (SSSR count). The summed E-state index contributed by atoms with van der Waals surface area (Å²) >= 11 is 0. The number of nitrogens with one attached hydrogen (secondary N) is 3. The first-order valence-electron chi connectivity index (χ1n) is 9.35. The molecule has 0 heterocycles. The summed E-state index contributed by atoms with van der Waals surface area (Å²) in [5, 5.41) is 16.4. The molecule has 6 unspecified atom stereocenters. The Balaban J connectivity index is 5.00. The Kier molecular flexibility index (Phi) is 10.6. The maximum absolute atomic E-state index is 12.4. The van der Waals surface area contributed by atoms with Gasteiger partial charge in [0.15, 0.2) is 0 Å². The third-order valence-corrected chi connectivity index (χ3v) is 4.83. The minimum atomic E-state index is -1.17. The molecule has 9 heteroatoms. The lowest BCUT2D eigenvalue weighted by atomic mass is 9.97. The molecule has 0 fully saturated rings. The van der Waals surface area contributed by atoms with Gasteiger partial charge in [-0.05, 0) is 25.7 Å². The first kappa shape index (κ1) is 24.8. The average Bonchev–Trinajstić information content (AvgIpc) is 2.63. The molecule has 27 heavy (non-hydrogen) atoms. The lowest BCUT2D eigenvalue weighted by molar-refractivity contribution is -0.142. The number of hydrogen-bond acceptors (Lipinski definition) is 5. The smallest absolute Gasteiger partial charge is 0.325 e. The van der Waals surface area contributed by atoms with Gasteiger partial charge < -0.3 is 26.8 Å². The van der Waals surface area contributed by atoms with Gasteiger partial charge in [0.05, 0.1) is 6.04 Å². The minimum Gasteiger partial charge on any atom is -0.480 e. The fourth-order valence-corrected chi connectivity index (χ4v) is 2.23. The van der Waals surface area contributed by atoms with Crippen molar-refractivity contribution in [1.82, 2.24) is 16.0 Å². The molecule has 0 bridgehead atoms. The number of carbonyl (C=O) groups is 4. The number of nitrogens with two attached hydrogens (primary N) is 1. The number of carboxylic acid groups (broad SMARTS) is 1. The van der Waals surface area contributed by atoms with Crippen LogP contribution in [0.5, 0.6) is 0 Å². The van der Waals surface area contributed by atoms with E-state index < -0.39 is 47.9 Å². The third kappa shape index (κ3) is 7.94. The highest BCUT2D eigenvalue weighted by molar-refractivity contribution is 5.94. The molecule has 9 nitrogen and oxygen atoms in total. The van der Waals surface area contributed by atoms with Crippen molar-refractivity contribution < 1.29 is 24.3 Å². The molecule has 0 aromatic heterocycles. The SMILES string of the molecule is CCC(C)C(N)C(=O)NC(C)C(=O)NC(C(=O)NC(C)C(=O)O)C(C)CC. The maximum atomic E-state index is 12.4. The van der Waals surface area contributed by atoms with E-state index in [1.807, 2.05) is 20.8 Å². The molecule has 0 saturated heterocycles. The molecule has 6 N–H and O–H groups in total. The predicted molar refractivity (Wildman–Crippen MR) is 102 cm³/mol. The molecule has 0 spiro atoms. The zero-order valence-electron chi connectivity index (χ0n) is 17.0. The van der Waals surface area contributed by atoms with Crippen LogP contribution in [0.15, 0.2) is 0 Å². The summed E-state index contributed by atoms with van der Waals surface area (Å²) in [6.45, 7) is 10.2. The van der Waals surface area contributed by atoms with Crippen molar-refractivity contribution >= 4 is 23.7 Å². The molecule has 0 aliphatic heterocycles. The summed E-state index contributed by atoms with van der Waals surface area (Å²) in [5.74, 6) is -2.98. The van der Waals surface area contributed by atoms with E-state index in [9.17, 15) is 19.2 Å². The monoisotopic (exact) mass is 386 g/mol. The lowest BCUT2D eigenvalue weighted by Crippen LogP contribution is -2.58. The second kappa shape index (κ2) is 11.5. The van der Waals surface area contributed by atoms with Gasteiger partial charge in [-0.25, -0.2) is 0 Å². The summed E-state index contributed by atoms with van der Waals surface area (Å²) in [5.41, 5.74) is 5.86. The van der Waals surface area contributed by atoms with Crippen molar-refractivity contribution in [3.63, 3.8) is 0 Å². The van der Waals surface area contributed by atoms with Crippen LogP contribution in [0.1, 0.15) is 54.4 Å². The van der Waals surface area contributed by atoms with Crippen LogP contribution in [0, 0.1) is 11.8 Å². The second-order valence-corrected chi connectivity index (χ2v) is 7.08. The van der Waals surface area contributed by atoms with E-state index in [1.165, 1.54) is 13.8 Å². The molecule has 0 aliphatic rings. The zero-order valence-corrected chi connectivity index (χ0v) is 17.0. The van der Waals surface area contributed by atoms with Crippen LogP contribution in [0.4, 0.5) is 0 Å². The quantitative estimate of drug-likeness (QED) is 0.337. The Labute approximate surface area is 160 Å². The van der Waals surface area contributed by atoms with E-state index >= 15 is 0 Å². The van der Waals surface area contributed by atoms with E-state index in [-0.39, 0.29) is 11.8 Å². The fourth-order valence-electron chi connectivity index (χ4n) is 2.23. The molecule has 156 valence electrons. The molecule has 3 amide bonds. The highest BCUT2D eigenvalue weighted by Crippen LogP contribution is 2.09. The van der Waals surface area contributed by atoms with Gasteiger partial charge in [-0.3, -0.25) is 19.2 Å². The number of amides is 3. The summed E-state index contributed by atoms with van der Waals surface area (Å²) in [6, 6.07) is -3.60. The lowest BCUT2D eigenvalue weighted by Gasteiger charge is -2.27. The van der Waals surface area contributed by atoms with E-state index in [0.29, 0.717) is 6.42 Å². The normalized spacial score (nSPS) is 17.6.